The van der Waals surface area contributed by atoms with E-state index in [2.05, 4.69) is 10.3 Å². The molecule has 4 nitrogen and oxygen atoms in total. The van der Waals surface area contributed by atoms with Crippen molar-refractivity contribution in [1.82, 2.24) is 10.3 Å². The van der Waals surface area contributed by atoms with Crippen molar-refractivity contribution in [2.75, 3.05) is 0 Å². The molecular weight excluding hydrogens is 413 g/mol. The van der Waals surface area contributed by atoms with Crippen molar-refractivity contribution in [2.45, 2.75) is 44.8 Å². The molecular formula is C22H21F3N2O2S. The van der Waals surface area contributed by atoms with Gasteiger partial charge in [0.15, 0.2) is 5.01 Å². The first-order valence-corrected chi connectivity index (χ1v) is 10.5. The summed E-state index contributed by atoms with van der Waals surface area (Å²) in [7, 11) is 0. The quantitative estimate of drug-likeness (QED) is 0.356. The molecule has 0 saturated heterocycles. The summed E-state index contributed by atoms with van der Waals surface area (Å²) in [6, 6.07) is 10.9. The number of para-hydroxylation sites is 1. The van der Waals surface area contributed by atoms with Crippen LogP contribution in [0.1, 0.15) is 58.3 Å². The van der Waals surface area contributed by atoms with Crippen LogP contribution in [0.15, 0.2) is 48.5 Å². The molecule has 0 radical (unpaired) electrons. The molecule has 0 bridgehead atoms. The fraction of sp³-hybridized carbons (Fsp3) is 0.318. The predicted octanol–water partition coefficient (Wildman–Crippen LogP) is 5.88. The standard InChI is InChI=1S/C22H21F3N2O2S/c1-2-3-4-12-17(19(28)21-27-16-11-7-8-13-18(16)30-21)26-20(29)14-9-5-6-10-15(14)22(23,24)25/h5-11,13,17H,2-4,12H2,1H3,(H,26,29). The zero-order valence-corrected chi connectivity index (χ0v) is 17.1. The number of thiazole rings is 1. The molecule has 0 aliphatic heterocycles. The average molecular weight is 434 g/mol. The van der Waals surface area contributed by atoms with Crippen molar-refractivity contribution >= 4 is 33.2 Å². The third kappa shape index (κ3) is 5.05. The molecule has 0 aliphatic carbocycles. The van der Waals surface area contributed by atoms with Gasteiger partial charge in [0, 0.05) is 0 Å². The van der Waals surface area contributed by atoms with E-state index in [9.17, 15) is 22.8 Å². The van der Waals surface area contributed by atoms with Gasteiger partial charge >= 0.3 is 6.18 Å². The summed E-state index contributed by atoms with van der Waals surface area (Å²) in [6.07, 6.45) is -1.91. The van der Waals surface area contributed by atoms with E-state index in [1.165, 1.54) is 23.5 Å². The second kappa shape index (κ2) is 9.38. The molecule has 1 aromatic heterocycles. The highest BCUT2D eigenvalue weighted by Crippen LogP contribution is 2.32. The molecule has 0 fully saturated rings. The maximum atomic E-state index is 13.3. The number of benzene rings is 2. The zero-order valence-electron chi connectivity index (χ0n) is 16.3. The Labute approximate surface area is 176 Å². The van der Waals surface area contributed by atoms with E-state index in [-0.39, 0.29) is 10.8 Å². The Bertz CT molecular complexity index is 1010. The van der Waals surface area contributed by atoms with Crippen molar-refractivity contribution in [3.63, 3.8) is 0 Å². The van der Waals surface area contributed by atoms with Gasteiger partial charge in [0.05, 0.1) is 27.4 Å². The van der Waals surface area contributed by atoms with E-state index in [1.807, 2.05) is 25.1 Å². The average Bonchev–Trinajstić information content (AvgIpc) is 3.16. The van der Waals surface area contributed by atoms with E-state index in [0.717, 1.165) is 29.7 Å². The van der Waals surface area contributed by atoms with Crippen molar-refractivity contribution < 1.29 is 22.8 Å². The maximum absolute atomic E-state index is 13.3. The van der Waals surface area contributed by atoms with Gasteiger partial charge in [-0.05, 0) is 30.7 Å². The number of alkyl halides is 3. The number of halogens is 3. The minimum absolute atomic E-state index is 0.238. The Morgan fingerprint density at radius 1 is 1.07 bits per heavy atom. The topological polar surface area (TPSA) is 59.1 Å². The largest absolute Gasteiger partial charge is 0.417 e. The van der Waals surface area contributed by atoms with E-state index in [0.29, 0.717) is 18.4 Å². The van der Waals surface area contributed by atoms with Crippen LogP contribution < -0.4 is 5.32 Å². The number of fused-ring (bicyclic) bond motifs is 1. The highest BCUT2D eigenvalue weighted by molar-refractivity contribution is 7.20. The van der Waals surface area contributed by atoms with E-state index < -0.39 is 29.3 Å². The third-order valence-corrected chi connectivity index (χ3v) is 5.75. The van der Waals surface area contributed by atoms with Gasteiger partial charge in [-0.25, -0.2) is 4.98 Å². The van der Waals surface area contributed by atoms with Crippen LogP contribution >= 0.6 is 11.3 Å². The first-order chi connectivity index (χ1) is 14.3. The monoisotopic (exact) mass is 434 g/mol. The molecule has 0 spiro atoms. The minimum Gasteiger partial charge on any atom is -0.342 e. The molecule has 2 aromatic carbocycles. The van der Waals surface area contributed by atoms with Gasteiger partial charge in [0.25, 0.3) is 5.91 Å². The molecule has 1 amide bonds. The van der Waals surface area contributed by atoms with Gasteiger partial charge in [-0.1, -0.05) is 50.5 Å². The summed E-state index contributed by atoms with van der Waals surface area (Å²) in [5.74, 6) is -1.30. The van der Waals surface area contributed by atoms with Gasteiger partial charge in [-0.15, -0.1) is 11.3 Å². The summed E-state index contributed by atoms with van der Waals surface area (Å²) in [5, 5.41) is 2.76. The van der Waals surface area contributed by atoms with Crippen LogP contribution in [0, 0.1) is 0 Å². The first kappa shape index (κ1) is 22.0. The Hall–Kier alpha value is -2.74. The molecule has 30 heavy (non-hydrogen) atoms. The van der Waals surface area contributed by atoms with Crippen LogP contribution in [0.25, 0.3) is 10.2 Å². The Kier molecular flexibility index (Phi) is 6.87. The summed E-state index contributed by atoms with van der Waals surface area (Å²) < 4.78 is 40.7. The number of amides is 1. The molecule has 3 rings (SSSR count). The first-order valence-electron chi connectivity index (χ1n) is 9.68. The maximum Gasteiger partial charge on any atom is 0.417 e. The number of unbranched alkanes of at least 4 members (excludes halogenated alkanes) is 2. The fourth-order valence-electron chi connectivity index (χ4n) is 3.16. The molecule has 3 aromatic rings. The smallest absolute Gasteiger partial charge is 0.342 e. The van der Waals surface area contributed by atoms with Crippen molar-refractivity contribution in [1.29, 1.82) is 0 Å². The predicted molar refractivity (Wildman–Crippen MR) is 111 cm³/mol. The van der Waals surface area contributed by atoms with E-state index in [4.69, 9.17) is 0 Å². The number of aromatic nitrogens is 1. The van der Waals surface area contributed by atoms with Crippen LogP contribution in [-0.4, -0.2) is 22.7 Å². The van der Waals surface area contributed by atoms with Crippen LogP contribution in [0.5, 0.6) is 0 Å². The van der Waals surface area contributed by atoms with Crippen molar-refractivity contribution in [2.24, 2.45) is 0 Å². The van der Waals surface area contributed by atoms with Gasteiger partial charge in [0.1, 0.15) is 0 Å². The molecule has 1 heterocycles. The lowest BCUT2D eigenvalue weighted by molar-refractivity contribution is -0.137. The normalized spacial score (nSPS) is 12.7. The number of nitrogens with zero attached hydrogens (tertiary/aromatic N) is 1. The zero-order chi connectivity index (χ0) is 21.7. The SMILES string of the molecule is CCCCCC(NC(=O)c1ccccc1C(F)(F)F)C(=O)c1nc2ccccc2s1. The van der Waals surface area contributed by atoms with Gasteiger partial charge in [-0.2, -0.15) is 13.2 Å². The second-order valence-corrected chi connectivity index (χ2v) is 7.95. The number of nitrogens with one attached hydrogen (secondary N) is 1. The number of carbonyl (C=O) groups is 2. The Balaban J connectivity index is 1.87. The molecule has 1 N–H and O–H groups in total. The number of hydrogen-bond acceptors (Lipinski definition) is 4. The molecule has 0 aliphatic rings. The van der Waals surface area contributed by atoms with Gasteiger partial charge < -0.3 is 5.32 Å². The Morgan fingerprint density at radius 3 is 2.47 bits per heavy atom. The molecule has 1 unspecified atom stereocenters. The van der Waals surface area contributed by atoms with Crippen LogP contribution in [-0.2, 0) is 6.18 Å². The van der Waals surface area contributed by atoms with Gasteiger partial charge in [0.2, 0.25) is 5.78 Å². The second-order valence-electron chi connectivity index (χ2n) is 6.92. The summed E-state index contributed by atoms with van der Waals surface area (Å²) >= 11 is 1.21. The molecule has 1 atom stereocenters. The lowest BCUT2D eigenvalue weighted by atomic mass is 10.0. The van der Waals surface area contributed by atoms with Crippen LogP contribution in [0.3, 0.4) is 0 Å². The number of Topliss-reactive ketones (excluding diaryl/α,β-unsaturated/α-hetero) is 1. The highest BCUT2D eigenvalue weighted by atomic mass is 32.1. The third-order valence-electron chi connectivity index (χ3n) is 4.70. The van der Waals surface area contributed by atoms with Crippen LogP contribution in [0.4, 0.5) is 13.2 Å². The Morgan fingerprint density at radius 2 is 1.77 bits per heavy atom. The number of rotatable bonds is 8. The number of ketones is 1. The summed E-state index contributed by atoms with van der Waals surface area (Å²) in [5.41, 5.74) is -0.850. The van der Waals surface area contributed by atoms with E-state index >= 15 is 0 Å². The number of hydrogen-bond donors (Lipinski definition) is 1. The van der Waals surface area contributed by atoms with E-state index in [1.54, 1.807) is 6.07 Å². The molecule has 0 saturated carbocycles. The fourth-order valence-corrected chi connectivity index (χ4v) is 4.12. The van der Waals surface area contributed by atoms with Gasteiger partial charge in [-0.3, -0.25) is 9.59 Å². The summed E-state index contributed by atoms with van der Waals surface area (Å²) in [4.78, 5) is 30.1. The summed E-state index contributed by atoms with van der Waals surface area (Å²) in [6.45, 7) is 2.00. The van der Waals surface area contributed by atoms with Crippen molar-refractivity contribution in [3.8, 4) is 0 Å². The highest BCUT2D eigenvalue weighted by Gasteiger charge is 2.35. The molecule has 8 heteroatoms. The van der Waals surface area contributed by atoms with Crippen molar-refractivity contribution in [3.05, 3.63) is 64.7 Å². The molecule has 158 valence electrons. The van der Waals surface area contributed by atoms with Crippen LogP contribution in [0.2, 0.25) is 0 Å². The minimum atomic E-state index is -4.66. The lowest BCUT2D eigenvalue weighted by Gasteiger charge is -2.18. The number of carbonyl (C=O) groups excluding carboxylic acids is 2. The lowest BCUT2D eigenvalue weighted by Crippen LogP contribution is -2.41.